The van der Waals surface area contributed by atoms with Crippen LogP contribution < -0.4 is 4.90 Å². The van der Waals surface area contributed by atoms with E-state index in [1.165, 1.54) is 11.1 Å². The van der Waals surface area contributed by atoms with E-state index in [0.717, 1.165) is 33.4 Å². The minimum atomic E-state index is -0.0808. The molecule has 0 bridgehead atoms. The molecular formula is C17H22ClN5OS2. The first-order chi connectivity index (χ1) is 11.9. The van der Waals surface area contributed by atoms with E-state index in [1.807, 2.05) is 21.0 Å². The predicted molar refractivity (Wildman–Crippen MR) is 111 cm³/mol. The normalized spacial score (nSPS) is 11.0. The molecule has 0 N–H and O–H groups in total. The van der Waals surface area contributed by atoms with Crippen LogP contribution in [0.5, 0.6) is 0 Å². The first kappa shape index (κ1) is 20.7. The molecule has 0 radical (unpaired) electrons. The fraction of sp³-hybridized carbons (Fsp3) is 0.412. The number of aryl methyl sites for hydroxylation is 3. The van der Waals surface area contributed by atoms with E-state index in [1.54, 1.807) is 16.2 Å². The van der Waals surface area contributed by atoms with Crippen molar-refractivity contribution in [3.05, 3.63) is 33.8 Å². The number of carbonyl (C=O) groups is 1. The third-order valence-electron chi connectivity index (χ3n) is 3.90. The average molecular weight is 412 g/mol. The molecule has 3 aromatic rings. The summed E-state index contributed by atoms with van der Waals surface area (Å²) in [6.07, 6.45) is 0. The molecule has 0 atom stereocenters. The fourth-order valence-electron chi connectivity index (χ4n) is 2.61. The summed E-state index contributed by atoms with van der Waals surface area (Å²) in [5.41, 5.74) is 3.97. The molecule has 6 nitrogen and oxygen atoms in total. The molecule has 1 aromatic carbocycles. The van der Waals surface area contributed by atoms with Crippen LogP contribution in [0.2, 0.25) is 0 Å². The summed E-state index contributed by atoms with van der Waals surface area (Å²) in [7, 11) is 3.99. The third kappa shape index (κ3) is 4.20. The summed E-state index contributed by atoms with van der Waals surface area (Å²) < 4.78 is 5.03. The first-order valence-corrected chi connectivity index (χ1v) is 9.59. The van der Waals surface area contributed by atoms with Gasteiger partial charge in [0.1, 0.15) is 4.88 Å². The highest BCUT2D eigenvalue weighted by atomic mass is 35.5. The number of likely N-dealkylation sites (N-methyl/N-ethyl adjacent to an activating group) is 1. The monoisotopic (exact) mass is 411 g/mol. The van der Waals surface area contributed by atoms with Crippen molar-refractivity contribution in [1.82, 2.24) is 19.5 Å². The number of nitrogens with zero attached hydrogens (tertiary/aromatic N) is 5. The van der Waals surface area contributed by atoms with Crippen LogP contribution in [-0.4, -0.2) is 52.6 Å². The number of thiazole rings is 1. The van der Waals surface area contributed by atoms with Crippen LogP contribution >= 0.6 is 35.3 Å². The van der Waals surface area contributed by atoms with Gasteiger partial charge in [-0.2, -0.15) is 0 Å². The molecule has 0 aliphatic heterocycles. The van der Waals surface area contributed by atoms with Gasteiger partial charge in [-0.15, -0.1) is 17.5 Å². The lowest BCUT2D eigenvalue weighted by Crippen LogP contribution is -2.36. The van der Waals surface area contributed by atoms with Crippen molar-refractivity contribution in [2.24, 2.45) is 0 Å². The molecule has 1 amide bonds. The second-order valence-electron chi connectivity index (χ2n) is 6.37. The van der Waals surface area contributed by atoms with E-state index in [0.29, 0.717) is 17.1 Å². The molecule has 0 unspecified atom stereocenters. The zero-order chi connectivity index (χ0) is 18.1. The van der Waals surface area contributed by atoms with E-state index in [4.69, 9.17) is 4.98 Å². The maximum atomic E-state index is 13.1. The van der Waals surface area contributed by atoms with Crippen LogP contribution in [0, 0.1) is 20.8 Å². The van der Waals surface area contributed by atoms with Gasteiger partial charge in [0.2, 0.25) is 0 Å². The van der Waals surface area contributed by atoms with E-state index in [-0.39, 0.29) is 18.3 Å². The standard InChI is InChI=1S/C17H21N5OS2.ClH/c1-10-8-11(2)14-13(9-10)18-17(24-14)22(7-6-21(4)5)16(23)15-12(3)19-20-25-15;/h8-9H,6-7H2,1-5H3;1H. The zero-order valence-corrected chi connectivity index (χ0v) is 17.9. The number of halogens is 1. The molecule has 0 aliphatic carbocycles. The van der Waals surface area contributed by atoms with Gasteiger partial charge in [0, 0.05) is 13.1 Å². The van der Waals surface area contributed by atoms with Crippen LogP contribution in [0.25, 0.3) is 10.2 Å². The van der Waals surface area contributed by atoms with Crippen molar-refractivity contribution in [3.8, 4) is 0 Å². The molecule has 9 heteroatoms. The lowest BCUT2D eigenvalue weighted by atomic mass is 10.1. The van der Waals surface area contributed by atoms with E-state index in [2.05, 4.69) is 40.5 Å². The minimum Gasteiger partial charge on any atom is -0.308 e. The molecule has 0 saturated heterocycles. The minimum absolute atomic E-state index is 0. The molecule has 2 heterocycles. The molecule has 0 aliphatic rings. The number of hydrogen-bond acceptors (Lipinski definition) is 7. The number of amides is 1. The van der Waals surface area contributed by atoms with E-state index >= 15 is 0 Å². The largest absolute Gasteiger partial charge is 0.308 e. The SMILES string of the molecule is Cc1cc(C)c2sc(N(CCN(C)C)C(=O)c3snnc3C)nc2c1.Cl. The average Bonchev–Trinajstić information content (AvgIpc) is 3.13. The van der Waals surface area contributed by atoms with Gasteiger partial charge < -0.3 is 4.90 Å². The first-order valence-electron chi connectivity index (χ1n) is 8.00. The van der Waals surface area contributed by atoms with Crippen molar-refractivity contribution in [1.29, 1.82) is 0 Å². The summed E-state index contributed by atoms with van der Waals surface area (Å²) in [6.45, 7) is 7.28. The number of carbonyl (C=O) groups excluding carboxylic acids is 1. The van der Waals surface area contributed by atoms with E-state index in [9.17, 15) is 4.79 Å². The predicted octanol–water partition coefficient (Wildman–Crippen LogP) is 3.70. The quantitative estimate of drug-likeness (QED) is 0.640. The number of fused-ring (bicyclic) bond motifs is 1. The number of benzene rings is 1. The van der Waals surface area contributed by atoms with Crippen molar-refractivity contribution >= 4 is 56.5 Å². The molecule has 26 heavy (non-hydrogen) atoms. The van der Waals surface area contributed by atoms with Crippen molar-refractivity contribution in [2.75, 3.05) is 32.1 Å². The summed E-state index contributed by atoms with van der Waals surface area (Å²) in [5.74, 6) is -0.0808. The Balaban J connectivity index is 0.00000243. The maximum absolute atomic E-state index is 13.1. The fourth-order valence-corrected chi connectivity index (χ4v) is 4.26. The van der Waals surface area contributed by atoms with Crippen LogP contribution in [0.15, 0.2) is 12.1 Å². The summed E-state index contributed by atoms with van der Waals surface area (Å²) in [6, 6.07) is 4.21. The number of rotatable bonds is 5. The van der Waals surface area contributed by atoms with Crippen LogP contribution in [-0.2, 0) is 0 Å². The number of aromatic nitrogens is 3. The Hall–Kier alpha value is -1.61. The Labute approximate surface area is 167 Å². The number of anilines is 1. The second kappa shape index (κ2) is 8.39. The zero-order valence-electron chi connectivity index (χ0n) is 15.4. The van der Waals surface area contributed by atoms with Crippen LogP contribution in [0.4, 0.5) is 5.13 Å². The van der Waals surface area contributed by atoms with Crippen LogP contribution in [0.3, 0.4) is 0 Å². The Morgan fingerprint density at radius 1 is 1.15 bits per heavy atom. The highest BCUT2D eigenvalue weighted by molar-refractivity contribution is 7.22. The van der Waals surface area contributed by atoms with Gasteiger partial charge in [-0.25, -0.2) is 4.98 Å². The van der Waals surface area contributed by atoms with Gasteiger partial charge in [0.25, 0.3) is 5.91 Å². The highest BCUT2D eigenvalue weighted by Crippen LogP contribution is 2.33. The van der Waals surface area contributed by atoms with Gasteiger partial charge in [0.15, 0.2) is 5.13 Å². The molecule has 140 valence electrons. The van der Waals surface area contributed by atoms with Gasteiger partial charge in [-0.05, 0) is 63.6 Å². The molecule has 2 aromatic heterocycles. The molecule has 0 saturated carbocycles. The molecule has 0 fully saturated rings. The third-order valence-corrected chi connectivity index (χ3v) is 5.95. The second-order valence-corrected chi connectivity index (χ2v) is 8.11. The topological polar surface area (TPSA) is 62.2 Å². The lowest BCUT2D eigenvalue weighted by molar-refractivity contribution is 0.0988. The van der Waals surface area contributed by atoms with Gasteiger partial charge in [0.05, 0.1) is 15.9 Å². The summed E-state index contributed by atoms with van der Waals surface area (Å²) in [5, 5.41) is 4.70. The maximum Gasteiger partial charge on any atom is 0.273 e. The summed E-state index contributed by atoms with van der Waals surface area (Å²) in [4.78, 5) is 22.2. The van der Waals surface area contributed by atoms with Gasteiger partial charge >= 0.3 is 0 Å². The van der Waals surface area contributed by atoms with E-state index < -0.39 is 0 Å². The van der Waals surface area contributed by atoms with Gasteiger partial charge in [-0.1, -0.05) is 21.9 Å². The lowest BCUT2D eigenvalue weighted by Gasteiger charge is -2.21. The highest BCUT2D eigenvalue weighted by Gasteiger charge is 2.25. The van der Waals surface area contributed by atoms with Crippen LogP contribution in [0.1, 0.15) is 26.5 Å². The Kier molecular flexibility index (Phi) is 6.68. The Morgan fingerprint density at radius 3 is 2.50 bits per heavy atom. The number of hydrogen-bond donors (Lipinski definition) is 0. The smallest absolute Gasteiger partial charge is 0.273 e. The Morgan fingerprint density at radius 2 is 1.88 bits per heavy atom. The van der Waals surface area contributed by atoms with Crippen molar-refractivity contribution < 1.29 is 4.79 Å². The Bertz CT molecular complexity index is 921. The molecule has 3 rings (SSSR count). The van der Waals surface area contributed by atoms with Crippen molar-refractivity contribution in [3.63, 3.8) is 0 Å². The summed E-state index contributed by atoms with van der Waals surface area (Å²) >= 11 is 2.70. The molecule has 0 spiro atoms. The van der Waals surface area contributed by atoms with Crippen molar-refractivity contribution in [2.45, 2.75) is 20.8 Å². The molecular weight excluding hydrogens is 390 g/mol. The van der Waals surface area contributed by atoms with Gasteiger partial charge in [-0.3, -0.25) is 9.69 Å².